The molecule has 0 saturated heterocycles. The second kappa shape index (κ2) is 5.91. The zero-order valence-corrected chi connectivity index (χ0v) is 11.2. The van der Waals surface area contributed by atoms with E-state index >= 15 is 0 Å². The van der Waals surface area contributed by atoms with Gasteiger partial charge < -0.3 is 10.5 Å². The Balaban J connectivity index is 2.49. The summed E-state index contributed by atoms with van der Waals surface area (Å²) in [5.74, 6) is -1.72. The van der Waals surface area contributed by atoms with E-state index in [1.807, 2.05) is 6.92 Å². The van der Waals surface area contributed by atoms with E-state index in [-0.39, 0.29) is 23.1 Å². The lowest BCUT2D eigenvalue weighted by atomic mass is 10.1. The second-order valence-electron chi connectivity index (χ2n) is 4.32. The largest absolute Gasteiger partial charge is 0.398 e. The van der Waals surface area contributed by atoms with Crippen LogP contribution in [0.25, 0.3) is 11.4 Å². The number of nitrogen functional groups attached to an aromatic ring is 1. The highest BCUT2D eigenvalue weighted by Gasteiger charge is 2.20. The van der Waals surface area contributed by atoms with Crippen LogP contribution in [0.15, 0.2) is 12.1 Å². The molecule has 0 amide bonds. The summed E-state index contributed by atoms with van der Waals surface area (Å²) in [6.07, 6.45) is 0.718. The van der Waals surface area contributed by atoms with E-state index in [9.17, 15) is 8.78 Å². The number of benzene rings is 1. The van der Waals surface area contributed by atoms with Gasteiger partial charge in [-0.25, -0.2) is 13.5 Å². The maximum Gasteiger partial charge on any atom is 0.184 e. The van der Waals surface area contributed by atoms with Gasteiger partial charge in [-0.15, -0.1) is 5.10 Å². The monoisotopic (exact) mass is 283 g/mol. The second-order valence-corrected chi connectivity index (χ2v) is 4.32. The number of anilines is 1. The van der Waals surface area contributed by atoms with Crippen LogP contribution in [-0.2, 0) is 4.74 Å². The van der Waals surface area contributed by atoms with Gasteiger partial charge in [-0.1, -0.05) is 6.92 Å². The molecule has 0 fully saturated rings. The standard InChI is InChI=1S/C12H15F2N5O/c1-3-7(6-20-2)19-12(16-17-18-19)8-4-9(13)10(14)5-11(8)15/h4-5,7H,3,6,15H2,1-2H3. The summed E-state index contributed by atoms with van der Waals surface area (Å²) in [5.41, 5.74) is 6.05. The quantitative estimate of drug-likeness (QED) is 0.846. The summed E-state index contributed by atoms with van der Waals surface area (Å²) < 4.78 is 33.1. The topological polar surface area (TPSA) is 78.8 Å². The molecule has 1 aromatic heterocycles. The smallest absolute Gasteiger partial charge is 0.184 e. The van der Waals surface area contributed by atoms with E-state index < -0.39 is 11.6 Å². The molecule has 2 aromatic rings. The molecule has 108 valence electrons. The highest BCUT2D eigenvalue weighted by molar-refractivity contribution is 5.71. The number of halogens is 2. The van der Waals surface area contributed by atoms with Crippen LogP contribution in [0.3, 0.4) is 0 Å². The van der Waals surface area contributed by atoms with Crippen LogP contribution >= 0.6 is 0 Å². The van der Waals surface area contributed by atoms with Crippen LogP contribution in [0.1, 0.15) is 19.4 Å². The highest BCUT2D eigenvalue weighted by Crippen LogP contribution is 2.28. The van der Waals surface area contributed by atoms with Crippen molar-refractivity contribution in [1.29, 1.82) is 0 Å². The molecule has 0 aliphatic heterocycles. The van der Waals surface area contributed by atoms with Gasteiger partial charge in [0.2, 0.25) is 0 Å². The summed E-state index contributed by atoms with van der Waals surface area (Å²) in [6.45, 7) is 2.35. The predicted octanol–water partition coefficient (Wildman–Crippen LogP) is 1.80. The molecule has 1 aromatic carbocycles. The molecule has 0 radical (unpaired) electrons. The maximum atomic E-state index is 13.4. The van der Waals surface area contributed by atoms with Crippen molar-refractivity contribution in [1.82, 2.24) is 20.2 Å². The summed E-state index contributed by atoms with van der Waals surface area (Å²) in [4.78, 5) is 0. The number of hydrogen-bond acceptors (Lipinski definition) is 5. The van der Waals surface area contributed by atoms with Gasteiger partial charge in [0.1, 0.15) is 0 Å². The van der Waals surface area contributed by atoms with Gasteiger partial charge in [-0.3, -0.25) is 0 Å². The van der Waals surface area contributed by atoms with Crippen LogP contribution in [0.5, 0.6) is 0 Å². The number of nitrogens with zero attached hydrogens (tertiary/aromatic N) is 4. The minimum absolute atomic E-state index is 0.0761. The van der Waals surface area contributed by atoms with Crippen LogP contribution in [0.2, 0.25) is 0 Å². The SMILES string of the molecule is CCC(COC)n1nnnc1-c1cc(F)c(F)cc1N. The van der Waals surface area contributed by atoms with Crippen molar-refractivity contribution < 1.29 is 13.5 Å². The number of hydrogen-bond donors (Lipinski definition) is 1. The van der Waals surface area contributed by atoms with Gasteiger partial charge in [0, 0.05) is 24.4 Å². The summed E-state index contributed by atoms with van der Waals surface area (Å²) in [7, 11) is 1.57. The van der Waals surface area contributed by atoms with Gasteiger partial charge >= 0.3 is 0 Å². The fourth-order valence-corrected chi connectivity index (χ4v) is 1.93. The highest BCUT2D eigenvalue weighted by atomic mass is 19.2. The summed E-state index contributed by atoms with van der Waals surface area (Å²) >= 11 is 0. The minimum Gasteiger partial charge on any atom is -0.398 e. The number of aromatic nitrogens is 4. The van der Waals surface area contributed by atoms with Crippen molar-refractivity contribution in [2.45, 2.75) is 19.4 Å². The molecule has 0 saturated carbocycles. The third kappa shape index (κ3) is 2.60. The van der Waals surface area contributed by atoms with Crippen LogP contribution in [-0.4, -0.2) is 33.9 Å². The van der Waals surface area contributed by atoms with E-state index in [1.165, 1.54) is 4.68 Å². The third-order valence-electron chi connectivity index (χ3n) is 3.00. The molecule has 1 unspecified atom stereocenters. The van der Waals surface area contributed by atoms with E-state index in [4.69, 9.17) is 10.5 Å². The number of nitrogens with two attached hydrogens (primary N) is 1. The molecule has 1 atom stereocenters. The molecule has 2 rings (SSSR count). The average Bonchev–Trinajstić information content (AvgIpc) is 2.89. The molecule has 8 heteroatoms. The Morgan fingerprint density at radius 3 is 2.70 bits per heavy atom. The fraction of sp³-hybridized carbons (Fsp3) is 0.417. The van der Waals surface area contributed by atoms with Gasteiger partial charge in [-0.05, 0) is 22.9 Å². The predicted molar refractivity (Wildman–Crippen MR) is 68.8 cm³/mol. The van der Waals surface area contributed by atoms with Crippen molar-refractivity contribution in [2.75, 3.05) is 19.5 Å². The number of methoxy groups -OCH3 is 1. The maximum absolute atomic E-state index is 13.4. The Kier molecular flexibility index (Phi) is 4.23. The molecule has 0 bridgehead atoms. The van der Waals surface area contributed by atoms with E-state index in [1.54, 1.807) is 7.11 Å². The average molecular weight is 283 g/mol. The zero-order valence-electron chi connectivity index (χ0n) is 11.2. The lowest BCUT2D eigenvalue weighted by Gasteiger charge is -2.16. The van der Waals surface area contributed by atoms with Crippen LogP contribution < -0.4 is 5.73 Å². The fourth-order valence-electron chi connectivity index (χ4n) is 1.93. The Morgan fingerprint density at radius 1 is 1.35 bits per heavy atom. The van der Waals surface area contributed by atoms with Gasteiger partial charge in [-0.2, -0.15) is 0 Å². The Morgan fingerprint density at radius 2 is 2.05 bits per heavy atom. The van der Waals surface area contributed by atoms with Gasteiger partial charge in [0.05, 0.1) is 12.6 Å². The number of tetrazole rings is 1. The first-order chi connectivity index (χ1) is 9.58. The molecular formula is C12H15F2N5O. The van der Waals surface area contributed by atoms with Crippen molar-refractivity contribution in [3.8, 4) is 11.4 Å². The molecule has 0 aliphatic rings. The van der Waals surface area contributed by atoms with Crippen molar-refractivity contribution in [2.24, 2.45) is 0 Å². The van der Waals surface area contributed by atoms with Crippen LogP contribution in [0, 0.1) is 11.6 Å². The lowest BCUT2D eigenvalue weighted by Crippen LogP contribution is -2.17. The van der Waals surface area contributed by atoms with Crippen molar-refractivity contribution in [3.05, 3.63) is 23.8 Å². The molecule has 2 N–H and O–H groups in total. The Hall–Kier alpha value is -2.09. The molecule has 0 aliphatic carbocycles. The number of rotatable bonds is 5. The van der Waals surface area contributed by atoms with E-state index in [2.05, 4.69) is 15.5 Å². The van der Waals surface area contributed by atoms with Crippen molar-refractivity contribution in [3.63, 3.8) is 0 Å². The first-order valence-corrected chi connectivity index (χ1v) is 6.10. The van der Waals surface area contributed by atoms with Gasteiger partial charge in [0.15, 0.2) is 17.5 Å². The van der Waals surface area contributed by atoms with E-state index in [0.717, 1.165) is 18.6 Å². The summed E-state index contributed by atoms with van der Waals surface area (Å²) in [6, 6.07) is 1.80. The number of ether oxygens (including phenoxy) is 1. The Bertz CT molecular complexity index is 602. The molecule has 0 spiro atoms. The van der Waals surface area contributed by atoms with Crippen molar-refractivity contribution >= 4 is 5.69 Å². The first kappa shape index (κ1) is 14.3. The van der Waals surface area contributed by atoms with Crippen LogP contribution in [0.4, 0.5) is 14.5 Å². The normalized spacial score (nSPS) is 12.6. The molecular weight excluding hydrogens is 268 g/mol. The van der Waals surface area contributed by atoms with E-state index in [0.29, 0.717) is 6.61 Å². The summed E-state index contributed by atoms with van der Waals surface area (Å²) in [5, 5.41) is 11.3. The third-order valence-corrected chi connectivity index (χ3v) is 3.00. The molecule has 20 heavy (non-hydrogen) atoms. The Labute approximate surface area is 114 Å². The lowest BCUT2D eigenvalue weighted by molar-refractivity contribution is 0.147. The molecule has 6 nitrogen and oxygen atoms in total. The van der Waals surface area contributed by atoms with Gasteiger partial charge in [0.25, 0.3) is 0 Å². The first-order valence-electron chi connectivity index (χ1n) is 6.10. The zero-order chi connectivity index (χ0) is 14.7. The minimum atomic E-state index is -1.01. The molecule has 1 heterocycles.